The van der Waals surface area contributed by atoms with E-state index in [2.05, 4.69) is 6.92 Å². The van der Waals surface area contributed by atoms with E-state index < -0.39 is 0 Å². The van der Waals surface area contributed by atoms with Gasteiger partial charge in [0, 0.05) is 12.6 Å². The molecule has 4 heteroatoms. The van der Waals surface area contributed by atoms with E-state index in [1.807, 2.05) is 16.7 Å². The second kappa shape index (κ2) is 5.98. The van der Waals surface area contributed by atoms with Crippen LogP contribution in [0, 0.1) is 5.92 Å². The van der Waals surface area contributed by atoms with Crippen molar-refractivity contribution in [3.05, 3.63) is 0 Å². The zero-order chi connectivity index (χ0) is 15.0. The van der Waals surface area contributed by atoms with Gasteiger partial charge in [-0.25, -0.2) is 0 Å². The highest BCUT2D eigenvalue weighted by Crippen LogP contribution is 2.33. The molecular formula is C17H28N2O2. The number of piperidine rings is 1. The van der Waals surface area contributed by atoms with E-state index >= 15 is 0 Å². The average Bonchev–Trinajstić information content (AvgIpc) is 2.71. The summed E-state index contributed by atoms with van der Waals surface area (Å²) in [7, 11) is 0. The summed E-state index contributed by atoms with van der Waals surface area (Å²) in [5.41, 5.74) is 0. The van der Waals surface area contributed by atoms with Gasteiger partial charge in [0.05, 0.1) is 0 Å². The summed E-state index contributed by atoms with van der Waals surface area (Å²) >= 11 is 0. The first-order valence-electron chi connectivity index (χ1n) is 8.74. The Hall–Kier alpha value is -1.06. The lowest BCUT2D eigenvalue weighted by molar-refractivity contribution is -0.167. The predicted molar refractivity (Wildman–Crippen MR) is 81.7 cm³/mol. The highest BCUT2D eigenvalue weighted by molar-refractivity contribution is 5.97. The Morgan fingerprint density at radius 2 is 1.57 bits per heavy atom. The van der Waals surface area contributed by atoms with Gasteiger partial charge >= 0.3 is 0 Å². The normalized spacial score (nSPS) is 38.2. The van der Waals surface area contributed by atoms with Crippen LogP contribution >= 0.6 is 0 Å². The Balaban J connectivity index is 1.86. The molecule has 118 valence electrons. The van der Waals surface area contributed by atoms with Crippen LogP contribution in [0.25, 0.3) is 0 Å². The molecule has 1 saturated carbocycles. The van der Waals surface area contributed by atoms with E-state index in [0.717, 1.165) is 32.2 Å². The average molecular weight is 292 g/mol. The molecule has 0 radical (unpaired) electrons. The molecule has 4 unspecified atom stereocenters. The molecule has 3 aliphatic rings. The van der Waals surface area contributed by atoms with Crippen molar-refractivity contribution in [3.63, 3.8) is 0 Å². The van der Waals surface area contributed by atoms with Crippen LogP contribution < -0.4 is 0 Å². The maximum atomic E-state index is 13.0. The van der Waals surface area contributed by atoms with E-state index in [1.54, 1.807) is 0 Å². The van der Waals surface area contributed by atoms with Gasteiger partial charge in [-0.05, 0) is 44.9 Å². The number of fused-ring (bicyclic) bond motifs is 1. The minimum absolute atomic E-state index is 0.169. The van der Waals surface area contributed by atoms with E-state index in [4.69, 9.17) is 0 Å². The molecule has 4 atom stereocenters. The number of hydrogen-bond donors (Lipinski definition) is 0. The Morgan fingerprint density at radius 1 is 0.857 bits per heavy atom. The number of carbonyl (C=O) groups is 2. The van der Waals surface area contributed by atoms with Gasteiger partial charge in [0.25, 0.3) is 0 Å². The summed E-state index contributed by atoms with van der Waals surface area (Å²) in [6.45, 7) is 4.96. The van der Waals surface area contributed by atoms with Gasteiger partial charge in [-0.1, -0.05) is 26.2 Å². The molecule has 3 fully saturated rings. The fraction of sp³-hybridized carbons (Fsp3) is 0.882. The molecule has 0 aromatic rings. The standard InChI is InChI=1S/C17H28N2O2/c1-12-8-4-3-5-9-14(12)19-13(2)16(20)18-11-7-6-10-15(18)17(19)21/h12-15H,3-11H2,1-2H3. The number of piperazine rings is 1. The monoisotopic (exact) mass is 292 g/mol. The summed E-state index contributed by atoms with van der Waals surface area (Å²) in [4.78, 5) is 29.5. The van der Waals surface area contributed by atoms with E-state index in [-0.39, 0.29) is 29.9 Å². The zero-order valence-electron chi connectivity index (χ0n) is 13.4. The number of amides is 2. The van der Waals surface area contributed by atoms with Crippen LogP contribution in [0.2, 0.25) is 0 Å². The van der Waals surface area contributed by atoms with Gasteiger partial charge in [0.1, 0.15) is 12.1 Å². The van der Waals surface area contributed by atoms with Crippen molar-refractivity contribution in [3.8, 4) is 0 Å². The molecule has 2 heterocycles. The van der Waals surface area contributed by atoms with Crippen LogP contribution in [0.5, 0.6) is 0 Å². The van der Waals surface area contributed by atoms with Crippen LogP contribution in [0.15, 0.2) is 0 Å². The number of carbonyl (C=O) groups excluding carboxylic acids is 2. The maximum Gasteiger partial charge on any atom is 0.246 e. The van der Waals surface area contributed by atoms with Crippen LogP contribution in [-0.2, 0) is 9.59 Å². The van der Waals surface area contributed by atoms with E-state index in [0.29, 0.717) is 5.92 Å². The smallest absolute Gasteiger partial charge is 0.246 e. The van der Waals surface area contributed by atoms with Gasteiger partial charge in [-0.3, -0.25) is 9.59 Å². The van der Waals surface area contributed by atoms with Crippen molar-refractivity contribution in [1.82, 2.24) is 9.80 Å². The molecule has 0 spiro atoms. The molecule has 0 N–H and O–H groups in total. The van der Waals surface area contributed by atoms with Gasteiger partial charge in [0.15, 0.2) is 0 Å². The van der Waals surface area contributed by atoms with Crippen molar-refractivity contribution >= 4 is 11.8 Å². The van der Waals surface area contributed by atoms with Crippen molar-refractivity contribution < 1.29 is 9.59 Å². The Kier molecular flexibility index (Phi) is 4.23. The van der Waals surface area contributed by atoms with Crippen LogP contribution in [0.3, 0.4) is 0 Å². The Morgan fingerprint density at radius 3 is 2.38 bits per heavy atom. The number of nitrogens with zero attached hydrogens (tertiary/aromatic N) is 2. The summed E-state index contributed by atoms with van der Waals surface area (Å²) in [6, 6.07) is -0.168. The summed E-state index contributed by atoms with van der Waals surface area (Å²) < 4.78 is 0. The second-order valence-electron chi connectivity index (χ2n) is 7.15. The van der Waals surface area contributed by atoms with Crippen molar-refractivity contribution in [2.75, 3.05) is 6.54 Å². The Bertz CT molecular complexity index is 423. The molecule has 21 heavy (non-hydrogen) atoms. The minimum Gasteiger partial charge on any atom is -0.329 e. The predicted octanol–water partition coefficient (Wildman–Crippen LogP) is 2.57. The molecule has 0 aromatic carbocycles. The minimum atomic E-state index is -0.266. The van der Waals surface area contributed by atoms with Crippen molar-refractivity contribution in [2.24, 2.45) is 5.92 Å². The lowest BCUT2D eigenvalue weighted by atomic mass is 9.89. The highest BCUT2D eigenvalue weighted by atomic mass is 16.2. The van der Waals surface area contributed by atoms with Crippen molar-refractivity contribution in [1.29, 1.82) is 0 Å². The Labute approximate surface area is 127 Å². The molecule has 1 aliphatic carbocycles. The maximum absolute atomic E-state index is 13.0. The topological polar surface area (TPSA) is 40.6 Å². The zero-order valence-corrected chi connectivity index (χ0v) is 13.4. The SMILES string of the molecule is CC1CCCCCC1N1C(=O)C2CCCCN2C(=O)C1C. The summed E-state index contributed by atoms with van der Waals surface area (Å²) in [5, 5.41) is 0. The largest absolute Gasteiger partial charge is 0.329 e. The fourth-order valence-electron chi connectivity index (χ4n) is 4.51. The van der Waals surface area contributed by atoms with Crippen LogP contribution in [-0.4, -0.2) is 46.3 Å². The molecule has 2 aliphatic heterocycles. The molecule has 0 aromatic heterocycles. The lowest BCUT2D eigenvalue weighted by Gasteiger charge is -2.49. The van der Waals surface area contributed by atoms with E-state index in [1.165, 1.54) is 25.7 Å². The molecule has 4 nitrogen and oxygen atoms in total. The molecule has 0 bridgehead atoms. The van der Waals surface area contributed by atoms with Gasteiger partial charge in [-0.2, -0.15) is 0 Å². The first-order chi connectivity index (χ1) is 10.1. The fourth-order valence-corrected chi connectivity index (χ4v) is 4.51. The van der Waals surface area contributed by atoms with Crippen LogP contribution in [0.1, 0.15) is 65.2 Å². The van der Waals surface area contributed by atoms with Crippen molar-refractivity contribution in [2.45, 2.75) is 83.3 Å². The molecule has 3 rings (SSSR count). The molecule has 2 amide bonds. The van der Waals surface area contributed by atoms with Gasteiger partial charge < -0.3 is 9.80 Å². The summed E-state index contributed by atoms with van der Waals surface area (Å²) in [6.07, 6.45) is 8.94. The number of hydrogen-bond acceptors (Lipinski definition) is 2. The third-order valence-electron chi connectivity index (χ3n) is 5.77. The highest BCUT2D eigenvalue weighted by Gasteiger charge is 2.47. The number of rotatable bonds is 1. The first-order valence-corrected chi connectivity index (χ1v) is 8.74. The van der Waals surface area contributed by atoms with Gasteiger partial charge in [0.2, 0.25) is 11.8 Å². The van der Waals surface area contributed by atoms with Crippen LogP contribution in [0.4, 0.5) is 0 Å². The second-order valence-corrected chi connectivity index (χ2v) is 7.15. The molecule has 2 saturated heterocycles. The quantitative estimate of drug-likeness (QED) is 0.697. The molecular weight excluding hydrogens is 264 g/mol. The summed E-state index contributed by atoms with van der Waals surface area (Å²) in [5.74, 6) is 0.915. The lowest BCUT2D eigenvalue weighted by Crippen LogP contribution is -2.67. The van der Waals surface area contributed by atoms with E-state index in [9.17, 15) is 9.59 Å². The third-order valence-corrected chi connectivity index (χ3v) is 5.77. The van der Waals surface area contributed by atoms with Gasteiger partial charge in [-0.15, -0.1) is 0 Å². The first kappa shape index (κ1) is 14.9. The third kappa shape index (κ3) is 2.58.